The molecule has 1 heterocycles. The van der Waals surface area contributed by atoms with Crippen LogP contribution in [0.1, 0.15) is 18.4 Å². The van der Waals surface area contributed by atoms with Crippen molar-refractivity contribution in [1.82, 2.24) is 0 Å². The molecule has 1 fully saturated rings. The summed E-state index contributed by atoms with van der Waals surface area (Å²) in [6, 6.07) is 3.83. The fourth-order valence-corrected chi connectivity index (χ4v) is 2.37. The summed E-state index contributed by atoms with van der Waals surface area (Å²) < 4.78 is 11.7. The van der Waals surface area contributed by atoms with Crippen LogP contribution in [0.5, 0.6) is 11.5 Å². The highest BCUT2D eigenvalue weighted by Crippen LogP contribution is 2.50. The van der Waals surface area contributed by atoms with Gasteiger partial charge in [0.1, 0.15) is 0 Å². The summed E-state index contributed by atoms with van der Waals surface area (Å²) in [7, 11) is 0. The van der Waals surface area contributed by atoms with Crippen molar-refractivity contribution < 1.29 is 9.47 Å². The summed E-state index contributed by atoms with van der Waals surface area (Å²) >= 11 is 6.24. The minimum absolute atomic E-state index is 0.232. The third-order valence-electron chi connectivity index (χ3n) is 3.49. The first kappa shape index (κ1) is 11.9. The van der Waals surface area contributed by atoms with Gasteiger partial charge in [-0.3, -0.25) is 0 Å². The van der Waals surface area contributed by atoms with Crippen LogP contribution >= 0.6 is 11.6 Å². The van der Waals surface area contributed by atoms with Crippen molar-refractivity contribution in [3.05, 3.63) is 28.8 Å². The van der Waals surface area contributed by atoms with Crippen LogP contribution in [0.25, 0.3) is 6.08 Å². The van der Waals surface area contributed by atoms with E-state index in [0.717, 1.165) is 17.9 Å². The average molecular weight is 266 g/mol. The number of hydrogen-bond donors (Lipinski definition) is 1. The predicted molar refractivity (Wildman–Crippen MR) is 72.2 cm³/mol. The topological polar surface area (TPSA) is 44.5 Å². The van der Waals surface area contributed by atoms with Crippen LogP contribution in [0, 0.1) is 5.41 Å². The Bertz CT molecular complexity index is 495. The maximum Gasteiger partial charge on any atom is 0.179 e. The van der Waals surface area contributed by atoms with Crippen LogP contribution in [0.15, 0.2) is 18.2 Å². The fraction of sp³-hybridized carbons (Fsp3) is 0.429. The number of nitrogens with two attached hydrogens (primary N) is 1. The lowest BCUT2D eigenvalue weighted by Crippen LogP contribution is -2.17. The molecule has 2 N–H and O–H groups in total. The SMILES string of the molecule is NC/C=C/c1cc(Cl)c2c(c1)OCC1(CC1)CO2. The third-order valence-corrected chi connectivity index (χ3v) is 3.77. The maximum absolute atomic E-state index is 6.24. The smallest absolute Gasteiger partial charge is 0.179 e. The highest BCUT2D eigenvalue weighted by Gasteiger charge is 2.46. The lowest BCUT2D eigenvalue weighted by atomic mass is 10.1. The van der Waals surface area contributed by atoms with Gasteiger partial charge in [-0.25, -0.2) is 0 Å². The van der Waals surface area contributed by atoms with Crippen LogP contribution in [-0.4, -0.2) is 19.8 Å². The minimum Gasteiger partial charge on any atom is -0.489 e. The van der Waals surface area contributed by atoms with Gasteiger partial charge in [-0.15, -0.1) is 0 Å². The van der Waals surface area contributed by atoms with Gasteiger partial charge >= 0.3 is 0 Å². The molecule has 0 saturated heterocycles. The first-order valence-corrected chi connectivity index (χ1v) is 6.56. The summed E-state index contributed by atoms with van der Waals surface area (Å²) in [5.74, 6) is 1.41. The highest BCUT2D eigenvalue weighted by molar-refractivity contribution is 6.32. The monoisotopic (exact) mass is 265 g/mol. The van der Waals surface area contributed by atoms with Gasteiger partial charge in [-0.2, -0.15) is 0 Å². The van der Waals surface area contributed by atoms with E-state index < -0.39 is 0 Å². The molecular weight excluding hydrogens is 250 g/mol. The zero-order valence-electron chi connectivity index (χ0n) is 10.1. The van der Waals surface area contributed by atoms with Crippen molar-refractivity contribution in [3.63, 3.8) is 0 Å². The summed E-state index contributed by atoms with van der Waals surface area (Å²) in [5, 5.41) is 0.599. The van der Waals surface area contributed by atoms with E-state index in [4.69, 9.17) is 26.8 Å². The fourth-order valence-electron chi connectivity index (χ4n) is 2.10. The molecule has 1 aliphatic carbocycles. The second kappa shape index (κ2) is 4.48. The first-order valence-electron chi connectivity index (χ1n) is 6.18. The molecule has 1 saturated carbocycles. The van der Waals surface area contributed by atoms with Gasteiger partial charge in [-0.1, -0.05) is 23.8 Å². The molecule has 1 spiro atoms. The van der Waals surface area contributed by atoms with Crippen LogP contribution in [0.2, 0.25) is 5.02 Å². The molecule has 4 heteroatoms. The third kappa shape index (κ3) is 2.20. The van der Waals surface area contributed by atoms with Gasteiger partial charge in [-0.05, 0) is 30.5 Å². The van der Waals surface area contributed by atoms with E-state index in [2.05, 4.69) is 0 Å². The van der Waals surface area contributed by atoms with E-state index in [1.165, 1.54) is 12.8 Å². The lowest BCUT2D eigenvalue weighted by Gasteiger charge is -2.09. The Morgan fingerprint density at radius 3 is 2.78 bits per heavy atom. The minimum atomic E-state index is 0.232. The molecule has 0 bridgehead atoms. The van der Waals surface area contributed by atoms with Gasteiger partial charge in [0.25, 0.3) is 0 Å². The molecule has 18 heavy (non-hydrogen) atoms. The second-order valence-corrected chi connectivity index (χ2v) is 5.45. The average Bonchev–Trinajstić information content (AvgIpc) is 3.15. The van der Waals surface area contributed by atoms with Gasteiger partial charge in [0.2, 0.25) is 0 Å². The lowest BCUT2D eigenvalue weighted by molar-refractivity contribution is 0.197. The van der Waals surface area contributed by atoms with E-state index in [-0.39, 0.29) is 5.41 Å². The molecule has 0 atom stereocenters. The van der Waals surface area contributed by atoms with Gasteiger partial charge < -0.3 is 15.2 Å². The van der Waals surface area contributed by atoms with Crippen LogP contribution in [0.4, 0.5) is 0 Å². The predicted octanol–water partition coefficient (Wildman–Crippen LogP) is 2.86. The standard InChI is InChI=1S/C14H16ClNO2/c15-11-6-10(2-1-5-16)7-12-13(11)18-9-14(3-4-14)8-17-12/h1-2,6-7H,3-5,8-9,16H2/b2-1+. The van der Waals surface area contributed by atoms with E-state index in [1.807, 2.05) is 24.3 Å². The summed E-state index contributed by atoms with van der Waals surface area (Å²) in [6.07, 6.45) is 6.18. The van der Waals surface area contributed by atoms with Gasteiger partial charge in [0.15, 0.2) is 11.5 Å². The van der Waals surface area contributed by atoms with E-state index in [0.29, 0.717) is 23.9 Å². The molecule has 1 aromatic carbocycles. The van der Waals surface area contributed by atoms with E-state index in [1.54, 1.807) is 0 Å². The van der Waals surface area contributed by atoms with Gasteiger partial charge in [0, 0.05) is 12.0 Å². The Morgan fingerprint density at radius 1 is 1.28 bits per heavy atom. The van der Waals surface area contributed by atoms with Crippen molar-refractivity contribution in [2.24, 2.45) is 11.1 Å². The van der Waals surface area contributed by atoms with Crippen LogP contribution in [-0.2, 0) is 0 Å². The Hall–Kier alpha value is -1.19. The first-order chi connectivity index (χ1) is 8.72. The van der Waals surface area contributed by atoms with Crippen molar-refractivity contribution in [1.29, 1.82) is 0 Å². The summed E-state index contributed by atoms with van der Waals surface area (Å²) in [5.41, 5.74) is 6.66. The Labute approximate surface area is 112 Å². The van der Waals surface area contributed by atoms with E-state index in [9.17, 15) is 0 Å². The van der Waals surface area contributed by atoms with Crippen molar-refractivity contribution in [2.45, 2.75) is 12.8 Å². The quantitative estimate of drug-likeness (QED) is 0.894. The number of ether oxygens (including phenoxy) is 2. The molecule has 0 radical (unpaired) electrons. The van der Waals surface area contributed by atoms with Crippen molar-refractivity contribution in [2.75, 3.05) is 19.8 Å². The normalized spacial score (nSPS) is 20.1. The van der Waals surface area contributed by atoms with Crippen LogP contribution < -0.4 is 15.2 Å². The van der Waals surface area contributed by atoms with Crippen molar-refractivity contribution >= 4 is 17.7 Å². The zero-order valence-corrected chi connectivity index (χ0v) is 10.9. The molecule has 2 aliphatic rings. The number of rotatable bonds is 2. The highest BCUT2D eigenvalue weighted by atomic mass is 35.5. The molecule has 0 amide bonds. The molecule has 1 aliphatic heterocycles. The molecule has 0 unspecified atom stereocenters. The molecule has 1 aromatic rings. The molecule has 3 rings (SSSR count). The van der Waals surface area contributed by atoms with Crippen LogP contribution in [0.3, 0.4) is 0 Å². The van der Waals surface area contributed by atoms with Gasteiger partial charge in [0.05, 0.1) is 18.2 Å². The molecule has 3 nitrogen and oxygen atoms in total. The Balaban J connectivity index is 1.91. The summed E-state index contributed by atoms with van der Waals surface area (Å²) in [4.78, 5) is 0. The van der Waals surface area contributed by atoms with E-state index >= 15 is 0 Å². The summed E-state index contributed by atoms with van der Waals surface area (Å²) in [6.45, 7) is 1.94. The molecular formula is C14H16ClNO2. The Kier molecular flexibility index (Phi) is 2.96. The Morgan fingerprint density at radius 2 is 2.06 bits per heavy atom. The second-order valence-electron chi connectivity index (χ2n) is 5.05. The number of fused-ring (bicyclic) bond motifs is 1. The maximum atomic E-state index is 6.24. The number of hydrogen-bond acceptors (Lipinski definition) is 3. The number of halogens is 1. The zero-order chi connectivity index (χ0) is 12.6. The largest absolute Gasteiger partial charge is 0.489 e. The van der Waals surface area contributed by atoms with Crippen molar-refractivity contribution in [3.8, 4) is 11.5 Å². The molecule has 0 aromatic heterocycles. The number of benzene rings is 1. The molecule has 96 valence electrons.